The van der Waals surface area contributed by atoms with Crippen LogP contribution in [0.1, 0.15) is 70.3 Å². The first kappa shape index (κ1) is 22.1. The number of carbonyl (C=O) groups is 2. The van der Waals surface area contributed by atoms with Gasteiger partial charge < -0.3 is 14.4 Å². The Bertz CT molecular complexity index is 934. The number of carbonyl (C=O) groups excluding carboxylic acids is 2. The van der Waals surface area contributed by atoms with E-state index in [1.54, 1.807) is 7.11 Å². The fourth-order valence-corrected chi connectivity index (χ4v) is 5.81. The Morgan fingerprint density at radius 2 is 1.61 bits per heavy atom. The number of hydrogen-bond acceptors (Lipinski definition) is 5. The SMILES string of the molecule is CCCN1C2=C(C(=O)CCC2)C(c2cc(Br)c(OCC)c(OC)c2)C2=C1CCCC2=O. The summed E-state index contributed by atoms with van der Waals surface area (Å²) in [6.45, 7) is 5.45. The maximum absolute atomic E-state index is 13.3. The molecule has 0 atom stereocenters. The van der Waals surface area contributed by atoms with Gasteiger partial charge >= 0.3 is 0 Å². The average Bonchev–Trinajstić information content (AvgIpc) is 2.76. The number of hydrogen-bond donors (Lipinski definition) is 0. The van der Waals surface area contributed by atoms with E-state index in [0.717, 1.165) is 71.2 Å². The van der Waals surface area contributed by atoms with Gasteiger partial charge in [0.05, 0.1) is 18.2 Å². The van der Waals surface area contributed by atoms with Gasteiger partial charge in [0.2, 0.25) is 0 Å². The first-order chi connectivity index (χ1) is 15.0. The predicted octanol–water partition coefficient (Wildman–Crippen LogP) is 5.68. The van der Waals surface area contributed by atoms with Crippen LogP contribution in [0.4, 0.5) is 0 Å². The van der Waals surface area contributed by atoms with Crippen molar-refractivity contribution in [3.8, 4) is 11.5 Å². The van der Waals surface area contributed by atoms with Crippen molar-refractivity contribution in [3.63, 3.8) is 0 Å². The molecule has 1 aromatic carbocycles. The summed E-state index contributed by atoms with van der Waals surface area (Å²) in [4.78, 5) is 28.8. The molecule has 6 heteroatoms. The molecule has 31 heavy (non-hydrogen) atoms. The van der Waals surface area contributed by atoms with Crippen LogP contribution >= 0.6 is 15.9 Å². The fourth-order valence-electron chi connectivity index (χ4n) is 5.23. The number of allylic oxidation sites excluding steroid dienone is 4. The van der Waals surface area contributed by atoms with E-state index in [-0.39, 0.29) is 17.5 Å². The van der Waals surface area contributed by atoms with Crippen molar-refractivity contribution in [2.75, 3.05) is 20.3 Å². The van der Waals surface area contributed by atoms with E-state index >= 15 is 0 Å². The normalized spacial score (nSPS) is 19.5. The van der Waals surface area contributed by atoms with Crippen molar-refractivity contribution in [2.24, 2.45) is 0 Å². The summed E-state index contributed by atoms with van der Waals surface area (Å²) in [5.74, 6) is 1.26. The largest absolute Gasteiger partial charge is 0.493 e. The van der Waals surface area contributed by atoms with Gasteiger partial charge in [-0.1, -0.05) is 6.92 Å². The zero-order valence-corrected chi connectivity index (χ0v) is 20.1. The second-order valence-corrected chi connectivity index (χ2v) is 9.18. The lowest BCUT2D eigenvalue weighted by molar-refractivity contribution is -0.117. The summed E-state index contributed by atoms with van der Waals surface area (Å²) in [6.07, 6.45) is 5.58. The second kappa shape index (κ2) is 9.19. The van der Waals surface area contributed by atoms with Crippen molar-refractivity contribution < 1.29 is 19.1 Å². The molecule has 0 unspecified atom stereocenters. The van der Waals surface area contributed by atoms with Crippen LogP contribution in [0.15, 0.2) is 39.1 Å². The highest BCUT2D eigenvalue weighted by Gasteiger charge is 2.43. The van der Waals surface area contributed by atoms with Crippen molar-refractivity contribution in [3.05, 3.63) is 44.7 Å². The van der Waals surface area contributed by atoms with Crippen LogP contribution in [0.3, 0.4) is 0 Å². The molecule has 0 radical (unpaired) electrons. The molecule has 0 saturated carbocycles. The zero-order valence-electron chi connectivity index (χ0n) is 18.6. The fraction of sp³-hybridized carbons (Fsp3) is 0.520. The molecule has 5 nitrogen and oxygen atoms in total. The van der Waals surface area contributed by atoms with Gasteiger partial charge in [0.1, 0.15) is 0 Å². The maximum atomic E-state index is 13.3. The highest BCUT2D eigenvalue weighted by molar-refractivity contribution is 9.10. The number of Topliss-reactive ketones (excluding diaryl/α,β-unsaturated/α-hetero) is 2. The Balaban J connectivity index is 1.95. The minimum atomic E-state index is -0.334. The molecular formula is C25H30BrNO4. The van der Waals surface area contributed by atoms with Crippen LogP contribution in [0.2, 0.25) is 0 Å². The maximum Gasteiger partial charge on any atom is 0.175 e. The highest BCUT2D eigenvalue weighted by atomic mass is 79.9. The quantitative estimate of drug-likeness (QED) is 0.516. The van der Waals surface area contributed by atoms with Crippen LogP contribution in [0.25, 0.3) is 0 Å². The average molecular weight is 488 g/mol. The van der Waals surface area contributed by atoms with Crippen molar-refractivity contribution in [2.45, 2.75) is 64.7 Å². The Labute approximate surface area is 192 Å². The van der Waals surface area contributed by atoms with Crippen molar-refractivity contribution >= 4 is 27.5 Å². The molecule has 0 spiro atoms. The summed E-state index contributed by atoms with van der Waals surface area (Å²) in [7, 11) is 1.62. The molecule has 2 aliphatic carbocycles. The van der Waals surface area contributed by atoms with Crippen LogP contribution in [0.5, 0.6) is 11.5 Å². The Hall–Kier alpha value is -2.08. The van der Waals surface area contributed by atoms with Gasteiger partial charge in [0, 0.05) is 47.8 Å². The van der Waals surface area contributed by atoms with Crippen LogP contribution in [0, 0.1) is 0 Å². The number of rotatable bonds is 6. The number of nitrogens with zero attached hydrogens (tertiary/aromatic N) is 1. The van der Waals surface area contributed by atoms with Gasteiger partial charge in [-0.05, 0) is 72.7 Å². The minimum Gasteiger partial charge on any atom is -0.493 e. The minimum absolute atomic E-state index is 0.168. The van der Waals surface area contributed by atoms with E-state index < -0.39 is 0 Å². The summed E-state index contributed by atoms with van der Waals surface area (Å²) >= 11 is 3.63. The molecule has 0 saturated heterocycles. The third-order valence-corrected chi connectivity index (χ3v) is 7.00. The number of ketones is 2. The molecular weight excluding hydrogens is 458 g/mol. The van der Waals surface area contributed by atoms with Gasteiger partial charge in [0.25, 0.3) is 0 Å². The number of benzene rings is 1. The highest BCUT2D eigenvalue weighted by Crippen LogP contribution is 2.51. The van der Waals surface area contributed by atoms with E-state index in [4.69, 9.17) is 9.47 Å². The number of ether oxygens (including phenoxy) is 2. The van der Waals surface area contributed by atoms with E-state index in [2.05, 4.69) is 27.8 Å². The molecule has 0 amide bonds. The van der Waals surface area contributed by atoms with Gasteiger partial charge in [-0.15, -0.1) is 0 Å². The Morgan fingerprint density at radius 3 is 2.13 bits per heavy atom. The molecule has 0 aromatic heterocycles. The van der Waals surface area contributed by atoms with Gasteiger partial charge in [-0.25, -0.2) is 0 Å². The number of halogens is 1. The summed E-state index contributed by atoms with van der Waals surface area (Å²) in [6, 6.07) is 3.93. The zero-order chi connectivity index (χ0) is 22.1. The molecule has 0 fully saturated rings. The third kappa shape index (κ3) is 3.84. The van der Waals surface area contributed by atoms with E-state index in [9.17, 15) is 9.59 Å². The molecule has 1 heterocycles. The van der Waals surface area contributed by atoms with E-state index in [1.165, 1.54) is 0 Å². The van der Waals surface area contributed by atoms with Gasteiger partial charge in [0.15, 0.2) is 23.1 Å². The molecule has 1 aliphatic heterocycles. The first-order valence-electron chi connectivity index (χ1n) is 11.3. The lowest BCUT2D eigenvalue weighted by Gasteiger charge is -2.44. The molecule has 4 rings (SSSR count). The smallest absolute Gasteiger partial charge is 0.175 e. The molecule has 1 aromatic rings. The lowest BCUT2D eigenvalue weighted by atomic mass is 9.71. The van der Waals surface area contributed by atoms with E-state index in [0.29, 0.717) is 30.9 Å². The topological polar surface area (TPSA) is 55.8 Å². The van der Waals surface area contributed by atoms with Gasteiger partial charge in [-0.2, -0.15) is 0 Å². The van der Waals surface area contributed by atoms with Crippen LogP contribution in [-0.4, -0.2) is 36.7 Å². The Kier molecular flexibility index (Phi) is 6.56. The predicted molar refractivity (Wildman–Crippen MR) is 123 cm³/mol. The lowest BCUT2D eigenvalue weighted by Crippen LogP contribution is -2.39. The summed E-state index contributed by atoms with van der Waals surface area (Å²) < 4.78 is 12.2. The third-order valence-electron chi connectivity index (χ3n) is 6.41. The van der Waals surface area contributed by atoms with Crippen LogP contribution < -0.4 is 9.47 Å². The molecule has 0 N–H and O–H groups in total. The summed E-state index contributed by atoms with van der Waals surface area (Å²) in [5, 5.41) is 0. The monoisotopic (exact) mass is 487 g/mol. The van der Waals surface area contributed by atoms with E-state index in [1.807, 2.05) is 19.1 Å². The summed E-state index contributed by atoms with van der Waals surface area (Å²) in [5.41, 5.74) is 4.79. The van der Waals surface area contributed by atoms with Gasteiger partial charge in [-0.3, -0.25) is 9.59 Å². The molecule has 166 valence electrons. The molecule has 0 bridgehead atoms. The molecule has 3 aliphatic rings. The standard InChI is InChI=1S/C25H30BrNO4/c1-4-12-27-17-8-6-10-19(28)23(17)22(24-18(27)9-7-11-20(24)29)15-13-16(26)25(31-5-2)21(14-15)30-3/h13-14,22H,4-12H2,1-3H3. The van der Waals surface area contributed by atoms with Crippen molar-refractivity contribution in [1.82, 2.24) is 4.90 Å². The van der Waals surface area contributed by atoms with Crippen molar-refractivity contribution in [1.29, 1.82) is 0 Å². The first-order valence-corrected chi connectivity index (χ1v) is 12.1. The van der Waals surface area contributed by atoms with Crippen LogP contribution in [-0.2, 0) is 9.59 Å². The second-order valence-electron chi connectivity index (χ2n) is 8.33. The Morgan fingerprint density at radius 1 is 1.00 bits per heavy atom. The number of methoxy groups -OCH3 is 1.